The van der Waals surface area contributed by atoms with Crippen LogP contribution in [0.25, 0.3) is 0 Å². The molecule has 0 radical (unpaired) electrons. The number of aryl methyl sites for hydroxylation is 1. The minimum atomic E-state index is -0.514. The Morgan fingerprint density at radius 3 is 2.52 bits per heavy atom. The summed E-state index contributed by atoms with van der Waals surface area (Å²) in [6.45, 7) is 0.0954. The quantitative estimate of drug-likeness (QED) is 0.556. The Labute approximate surface area is 178 Å². The summed E-state index contributed by atoms with van der Waals surface area (Å²) in [7, 11) is 1.70. The summed E-state index contributed by atoms with van der Waals surface area (Å²) >= 11 is 2.97. The van der Waals surface area contributed by atoms with Gasteiger partial charge in [0.1, 0.15) is 5.00 Å². The van der Waals surface area contributed by atoms with E-state index < -0.39 is 5.91 Å². The number of hydrogen-bond acceptors (Lipinski definition) is 6. The first-order valence-corrected chi connectivity index (χ1v) is 11.3. The van der Waals surface area contributed by atoms with E-state index in [0.717, 1.165) is 40.3 Å². The summed E-state index contributed by atoms with van der Waals surface area (Å²) < 4.78 is 0. The van der Waals surface area contributed by atoms with Crippen molar-refractivity contribution in [1.82, 2.24) is 4.90 Å². The molecule has 0 fully saturated rings. The first-order valence-electron chi connectivity index (χ1n) is 9.24. The second-order valence-electron chi connectivity index (χ2n) is 6.89. The van der Waals surface area contributed by atoms with Gasteiger partial charge in [-0.2, -0.15) is 0 Å². The summed E-state index contributed by atoms with van der Waals surface area (Å²) in [5.74, 6) is -0.998. The van der Waals surface area contributed by atoms with Gasteiger partial charge in [0.2, 0.25) is 11.8 Å². The molecule has 1 aliphatic rings. The van der Waals surface area contributed by atoms with Crippen LogP contribution < -0.4 is 16.4 Å². The smallest absolute Gasteiger partial charge is 0.251 e. The molecule has 0 spiro atoms. The van der Waals surface area contributed by atoms with Crippen molar-refractivity contribution in [3.8, 4) is 0 Å². The zero-order chi connectivity index (χ0) is 21.0. The van der Waals surface area contributed by atoms with Gasteiger partial charge in [-0.05, 0) is 50.3 Å². The molecule has 1 aromatic carbocycles. The van der Waals surface area contributed by atoms with Crippen LogP contribution in [0.2, 0.25) is 0 Å². The van der Waals surface area contributed by atoms with Crippen molar-refractivity contribution in [3.63, 3.8) is 0 Å². The van der Waals surface area contributed by atoms with Gasteiger partial charge >= 0.3 is 0 Å². The number of nitrogens with two attached hydrogens (primary N) is 1. The molecule has 0 atom stereocenters. The molecule has 0 saturated heterocycles. The first-order chi connectivity index (χ1) is 13.9. The van der Waals surface area contributed by atoms with E-state index >= 15 is 0 Å². The van der Waals surface area contributed by atoms with Crippen LogP contribution in [0.4, 0.5) is 10.7 Å². The lowest BCUT2D eigenvalue weighted by Gasteiger charge is -2.16. The topological polar surface area (TPSA) is 105 Å². The van der Waals surface area contributed by atoms with E-state index in [9.17, 15) is 14.4 Å². The van der Waals surface area contributed by atoms with Gasteiger partial charge in [0.25, 0.3) is 5.91 Å². The van der Waals surface area contributed by atoms with E-state index in [0.29, 0.717) is 10.6 Å². The first kappa shape index (κ1) is 21.4. The Morgan fingerprint density at radius 2 is 1.83 bits per heavy atom. The van der Waals surface area contributed by atoms with Crippen molar-refractivity contribution in [2.45, 2.75) is 24.2 Å². The molecule has 1 aliphatic carbocycles. The fourth-order valence-corrected chi connectivity index (χ4v) is 5.27. The van der Waals surface area contributed by atoms with E-state index in [1.165, 1.54) is 11.3 Å². The monoisotopic (exact) mass is 432 g/mol. The van der Waals surface area contributed by atoms with Gasteiger partial charge in [-0.3, -0.25) is 19.3 Å². The lowest BCUT2D eigenvalue weighted by molar-refractivity contribution is -0.119. The van der Waals surface area contributed by atoms with Gasteiger partial charge in [0, 0.05) is 9.77 Å². The summed E-state index contributed by atoms with van der Waals surface area (Å²) in [5, 5.41) is 6.18. The molecule has 1 heterocycles. The number of carbonyl (C=O) groups excluding carboxylic acids is 3. The number of thiophene rings is 1. The van der Waals surface area contributed by atoms with Gasteiger partial charge in [0.05, 0.1) is 24.3 Å². The molecule has 3 amide bonds. The highest BCUT2D eigenvalue weighted by molar-refractivity contribution is 7.98. The molecule has 0 saturated carbocycles. The Bertz CT molecular complexity index is 942. The van der Waals surface area contributed by atoms with Gasteiger partial charge < -0.3 is 16.4 Å². The third kappa shape index (κ3) is 5.17. The zero-order valence-electron chi connectivity index (χ0n) is 16.4. The number of para-hydroxylation sites is 1. The third-order valence-electron chi connectivity index (χ3n) is 4.63. The van der Waals surface area contributed by atoms with Crippen molar-refractivity contribution in [1.29, 1.82) is 0 Å². The van der Waals surface area contributed by atoms with Crippen LogP contribution in [0.3, 0.4) is 0 Å². The number of rotatable bonds is 8. The highest BCUT2D eigenvalue weighted by atomic mass is 32.2. The summed E-state index contributed by atoms with van der Waals surface area (Å²) in [4.78, 5) is 40.3. The van der Waals surface area contributed by atoms with E-state index in [1.54, 1.807) is 23.7 Å². The van der Waals surface area contributed by atoms with Crippen LogP contribution >= 0.6 is 23.1 Å². The molecule has 0 aliphatic heterocycles. The number of nitrogens with one attached hydrogen (secondary N) is 2. The third-order valence-corrected chi connectivity index (χ3v) is 6.63. The van der Waals surface area contributed by atoms with Crippen LogP contribution in [-0.4, -0.2) is 49.0 Å². The average Bonchev–Trinajstić information content (AvgIpc) is 3.21. The number of amides is 3. The summed E-state index contributed by atoms with van der Waals surface area (Å²) in [6, 6.07) is 7.56. The Hall–Kier alpha value is -2.36. The maximum atomic E-state index is 12.4. The van der Waals surface area contributed by atoms with Crippen LogP contribution in [0.15, 0.2) is 29.2 Å². The molecule has 154 valence electrons. The molecule has 29 heavy (non-hydrogen) atoms. The number of hydrogen-bond donors (Lipinski definition) is 3. The van der Waals surface area contributed by atoms with Gasteiger partial charge in [-0.25, -0.2) is 0 Å². The molecule has 9 heteroatoms. The Balaban J connectivity index is 1.56. The summed E-state index contributed by atoms with van der Waals surface area (Å²) in [5.41, 5.74) is 7.68. The lowest BCUT2D eigenvalue weighted by Crippen LogP contribution is -2.36. The van der Waals surface area contributed by atoms with E-state index in [1.807, 2.05) is 30.5 Å². The van der Waals surface area contributed by atoms with Crippen molar-refractivity contribution in [3.05, 3.63) is 40.3 Å². The number of benzene rings is 1. The van der Waals surface area contributed by atoms with Gasteiger partial charge in [0.15, 0.2) is 0 Å². The maximum Gasteiger partial charge on any atom is 0.251 e. The fourth-order valence-electron chi connectivity index (χ4n) is 3.40. The zero-order valence-corrected chi connectivity index (χ0v) is 18.0. The van der Waals surface area contributed by atoms with Gasteiger partial charge in [-0.15, -0.1) is 23.1 Å². The number of anilines is 2. The molecular weight excluding hydrogens is 408 g/mol. The number of likely N-dealkylation sites (N-methyl/N-ethyl adjacent to an activating group) is 1. The number of thioether (sulfide) groups is 1. The molecule has 3 rings (SSSR count). The van der Waals surface area contributed by atoms with Crippen LogP contribution in [0, 0.1) is 0 Å². The standard InChI is InChI=1S/C20H24N4O3S2/c1-24(10-16(25)22-13-7-3-4-8-15(13)28-2)11-17(26)23-20-18(19(21)27)12-6-5-9-14(12)29-20/h3-4,7-8H,5-6,9-11H2,1-2H3,(H2,21,27)(H,22,25)(H,23,26). The highest BCUT2D eigenvalue weighted by Crippen LogP contribution is 2.38. The van der Waals surface area contributed by atoms with Crippen molar-refractivity contribution in [2.75, 3.05) is 37.0 Å². The van der Waals surface area contributed by atoms with E-state index in [4.69, 9.17) is 5.73 Å². The fraction of sp³-hybridized carbons (Fsp3) is 0.350. The molecule has 4 N–H and O–H groups in total. The molecule has 0 bridgehead atoms. The van der Waals surface area contributed by atoms with Gasteiger partial charge in [-0.1, -0.05) is 12.1 Å². The summed E-state index contributed by atoms with van der Waals surface area (Å²) in [6.07, 6.45) is 4.68. The Morgan fingerprint density at radius 1 is 1.14 bits per heavy atom. The molecular formula is C20H24N4O3S2. The molecule has 7 nitrogen and oxygen atoms in total. The predicted octanol–water partition coefficient (Wildman–Crippen LogP) is 2.57. The number of fused-ring (bicyclic) bond motifs is 1. The van der Waals surface area contributed by atoms with Crippen molar-refractivity contribution < 1.29 is 14.4 Å². The van der Waals surface area contributed by atoms with E-state index in [2.05, 4.69) is 10.6 Å². The van der Waals surface area contributed by atoms with Crippen LogP contribution in [0.5, 0.6) is 0 Å². The SMILES string of the molecule is CSc1ccccc1NC(=O)CN(C)CC(=O)Nc1sc2c(c1C(N)=O)CCC2. The van der Waals surface area contributed by atoms with Crippen LogP contribution in [0.1, 0.15) is 27.2 Å². The maximum absolute atomic E-state index is 12.4. The number of nitrogens with zero attached hydrogens (tertiary/aromatic N) is 1. The average molecular weight is 433 g/mol. The number of carbonyl (C=O) groups is 3. The van der Waals surface area contributed by atoms with E-state index in [-0.39, 0.29) is 24.9 Å². The largest absolute Gasteiger partial charge is 0.365 e. The highest BCUT2D eigenvalue weighted by Gasteiger charge is 2.26. The van der Waals surface area contributed by atoms with Crippen LogP contribution in [-0.2, 0) is 22.4 Å². The minimum Gasteiger partial charge on any atom is -0.365 e. The Kier molecular flexibility index (Phi) is 6.94. The normalized spacial score (nSPS) is 12.7. The minimum absolute atomic E-state index is 0.0262. The van der Waals surface area contributed by atoms with Crippen molar-refractivity contribution >= 4 is 51.5 Å². The van der Waals surface area contributed by atoms with Crippen molar-refractivity contribution in [2.24, 2.45) is 5.73 Å². The molecule has 2 aromatic rings. The number of primary amides is 1. The second kappa shape index (κ2) is 9.43. The second-order valence-corrected chi connectivity index (χ2v) is 8.85. The molecule has 0 unspecified atom stereocenters. The molecule has 1 aromatic heterocycles. The lowest BCUT2D eigenvalue weighted by atomic mass is 10.1. The predicted molar refractivity (Wildman–Crippen MR) is 118 cm³/mol.